The van der Waals surface area contributed by atoms with Gasteiger partial charge in [-0.05, 0) is 44.7 Å². The standard InChI is InChI=1S/C14H18Br2O4/c1-3-5-7-19-13-9(15)12(18)14(10(16)11(13)17)20-8-6-4-2/h3-8H2,1-2H3. The second kappa shape index (κ2) is 8.62. The van der Waals surface area contributed by atoms with Gasteiger partial charge >= 0.3 is 0 Å². The highest BCUT2D eigenvalue weighted by atomic mass is 79.9. The zero-order chi connectivity index (χ0) is 15.1. The van der Waals surface area contributed by atoms with E-state index in [9.17, 15) is 9.59 Å². The maximum Gasteiger partial charge on any atom is 0.239 e. The molecule has 20 heavy (non-hydrogen) atoms. The summed E-state index contributed by atoms with van der Waals surface area (Å²) >= 11 is 6.28. The Labute approximate surface area is 135 Å². The van der Waals surface area contributed by atoms with Crippen LogP contribution in [0, 0.1) is 0 Å². The Balaban J connectivity index is 2.84. The number of carbonyl (C=O) groups excluding carboxylic acids is 2. The van der Waals surface area contributed by atoms with E-state index in [-0.39, 0.29) is 32.0 Å². The average molecular weight is 410 g/mol. The number of hydrogen-bond donors (Lipinski definition) is 0. The molecule has 0 aromatic rings. The smallest absolute Gasteiger partial charge is 0.239 e. The van der Waals surface area contributed by atoms with Crippen molar-refractivity contribution >= 4 is 43.4 Å². The lowest BCUT2D eigenvalue weighted by Crippen LogP contribution is -2.23. The number of Topliss-reactive ketones (excluding diaryl/α,β-unsaturated/α-hetero) is 2. The summed E-state index contributed by atoms with van der Waals surface area (Å²) in [6.07, 6.45) is 3.56. The molecule has 0 radical (unpaired) electrons. The number of allylic oxidation sites excluding steroid dienone is 2. The number of ether oxygens (including phenoxy) is 2. The topological polar surface area (TPSA) is 52.6 Å². The van der Waals surface area contributed by atoms with Crippen LogP contribution in [0.3, 0.4) is 0 Å². The van der Waals surface area contributed by atoms with E-state index in [4.69, 9.17) is 9.47 Å². The average Bonchev–Trinajstić information content (AvgIpc) is 2.44. The molecular formula is C14H18Br2O4. The summed E-state index contributed by atoms with van der Waals surface area (Å²) in [6.45, 7) is 4.87. The van der Waals surface area contributed by atoms with E-state index in [1.807, 2.05) is 13.8 Å². The Morgan fingerprint density at radius 2 is 1.15 bits per heavy atom. The fourth-order valence-electron chi connectivity index (χ4n) is 1.50. The molecule has 6 heteroatoms. The molecule has 4 nitrogen and oxygen atoms in total. The summed E-state index contributed by atoms with van der Waals surface area (Å²) in [6, 6.07) is 0. The Morgan fingerprint density at radius 1 is 0.800 bits per heavy atom. The van der Waals surface area contributed by atoms with Crippen molar-refractivity contribution in [2.45, 2.75) is 39.5 Å². The molecule has 1 rings (SSSR count). The Bertz CT molecular complexity index is 410. The lowest BCUT2D eigenvalue weighted by molar-refractivity contribution is -0.120. The first kappa shape index (κ1) is 17.4. The molecule has 0 heterocycles. The SMILES string of the molecule is CCCCOC1=C(Br)C(=O)C(OCCCC)=C(Br)C1=O. The summed E-state index contributed by atoms with van der Waals surface area (Å²) < 4.78 is 11.1. The van der Waals surface area contributed by atoms with E-state index in [2.05, 4.69) is 31.9 Å². The van der Waals surface area contributed by atoms with Crippen LogP contribution in [0.2, 0.25) is 0 Å². The molecule has 0 N–H and O–H groups in total. The number of hydrogen-bond acceptors (Lipinski definition) is 4. The molecule has 112 valence electrons. The molecule has 0 aliphatic heterocycles. The van der Waals surface area contributed by atoms with Crippen LogP contribution in [-0.2, 0) is 19.1 Å². The molecule has 0 unspecified atom stereocenters. The maximum absolute atomic E-state index is 12.2. The van der Waals surface area contributed by atoms with Gasteiger partial charge in [0.2, 0.25) is 11.6 Å². The molecule has 1 aliphatic carbocycles. The molecular weight excluding hydrogens is 392 g/mol. The zero-order valence-electron chi connectivity index (χ0n) is 11.6. The van der Waals surface area contributed by atoms with Gasteiger partial charge in [0.25, 0.3) is 0 Å². The lowest BCUT2D eigenvalue weighted by Gasteiger charge is -2.19. The van der Waals surface area contributed by atoms with Gasteiger partial charge in [0, 0.05) is 0 Å². The van der Waals surface area contributed by atoms with Gasteiger partial charge in [0.1, 0.15) is 8.96 Å². The third-order valence-electron chi connectivity index (χ3n) is 2.70. The number of unbranched alkanes of at least 4 members (excludes halogenated alkanes) is 2. The molecule has 0 bridgehead atoms. The first-order chi connectivity index (χ1) is 9.54. The van der Waals surface area contributed by atoms with Gasteiger partial charge in [-0.25, -0.2) is 0 Å². The van der Waals surface area contributed by atoms with Crippen LogP contribution >= 0.6 is 31.9 Å². The molecule has 0 spiro atoms. The van der Waals surface area contributed by atoms with Crippen molar-refractivity contribution in [2.24, 2.45) is 0 Å². The molecule has 0 saturated carbocycles. The summed E-state index contributed by atoms with van der Waals surface area (Å²) in [4.78, 5) is 24.3. The summed E-state index contributed by atoms with van der Waals surface area (Å²) in [5.74, 6) is -0.616. The third-order valence-corrected chi connectivity index (χ3v) is 4.14. The quantitative estimate of drug-likeness (QED) is 0.449. The lowest BCUT2D eigenvalue weighted by atomic mass is 10.1. The number of rotatable bonds is 8. The van der Waals surface area contributed by atoms with Crippen LogP contribution in [0.15, 0.2) is 20.5 Å². The van der Waals surface area contributed by atoms with Crippen LogP contribution < -0.4 is 0 Å². The van der Waals surface area contributed by atoms with Crippen LogP contribution in [0.25, 0.3) is 0 Å². The van der Waals surface area contributed by atoms with Gasteiger partial charge in [0.05, 0.1) is 13.2 Å². The van der Waals surface area contributed by atoms with Gasteiger partial charge in [-0.1, -0.05) is 26.7 Å². The number of carbonyl (C=O) groups is 2. The highest BCUT2D eigenvalue weighted by Crippen LogP contribution is 2.32. The first-order valence-corrected chi connectivity index (χ1v) is 8.27. The minimum atomic E-state index is -0.362. The largest absolute Gasteiger partial charge is 0.488 e. The van der Waals surface area contributed by atoms with Crippen molar-refractivity contribution in [3.63, 3.8) is 0 Å². The van der Waals surface area contributed by atoms with Crippen molar-refractivity contribution in [1.82, 2.24) is 0 Å². The van der Waals surface area contributed by atoms with Gasteiger partial charge in [-0.3, -0.25) is 9.59 Å². The summed E-state index contributed by atoms with van der Waals surface area (Å²) in [5, 5.41) is 0. The third kappa shape index (κ3) is 4.19. The van der Waals surface area contributed by atoms with Gasteiger partial charge in [-0.2, -0.15) is 0 Å². The van der Waals surface area contributed by atoms with Crippen LogP contribution in [0.4, 0.5) is 0 Å². The predicted octanol–water partition coefficient (Wildman–Crippen LogP) is 3.98. The fourth-order valence-corrected chi connectivity index (χ4v) is 2.45. The molecule has 0 saturated heterocycles. The molecule has 0 aromatic carbocycles. The highest BCUT2D eigenvalue weighted by molar-refractivity contribution is 9.12. The van der Waals surface area contributed by atoms with Crippen molar-refractivity contribution in [2.75, 3.05) is 13.2 Å². The van der Waals surface area contributed by atoms with E-state index in [1.165, 1.54) is 0 Å². The monoisotopic (exact) mass is 408 g/mol. The molecule has 0 fully saturated rings. The Morgan fingerprint density at radius 3 is 1.45 bits per heavy atom. The van der Waals surface area contributed by atoms with Crippen molar-refractivity contribution in [3.8, 4) is 0 Å². The summed E-state index contributed by atoms with van der Waals surface area (Å²) in [5.41, 5.74) is 0. The minimum absolute atomic E-state index is 0.0539. The second-order valence-corrected chi connectivity index (χ2v) is 5.93. The summed E-state index contributed by atoms with van der Waals surface area (Å²) in [7, 11) is 0. The minimum Gasteiger partial charge on any atom is -0.488 e. The highest BCUT2D eigenvalue weighted by Gasteiger charge is 2.35. The number of halogens is 2. The van der Waals surface area contributed by atoms with Gasteiger partial charge in [0.15, 0.2) is 11.5 Å². The Hall–Kier alpha value is -0.620. The van der Waals surface area contributed by atoms with Crippen LogP contribution in [0.5, 0.6) is 0 Å². The number of ketones is 2. The molecule has 0 aromatic heterocycles. The molecule has 0 atom stereocenters. The van der Waals surface area contributed by atoms with Crippen molar-refractivity contribution in [3.05, 3.63) is 20.5 Å². The van der Waals surface area contributed by atoms with E-state index < -0.39 is 0 Å². The Kier molecular flexibility index (Phi) is 7.51. The van der Waals surface area contributed by atoms with Gasteiger partial charge in [-0.15, -0.1) is 0 Å². The normalized spacial score (nSPS) is 16.0. The van der Waals surface area contributed by atoms with E-state index in [0.717, 1.165) is 25.7 Å². The zero-order valence-corrected chi connectivity index (χ0v) is 14.8. The van der Waals surface area contributed by atoms with Crippen molar-refractivity contribution < 1.29 is 19.1 Å². The first-order valence-electron chi connectivity index (χ1n) is 6.69. The second-order valence-electron chi connectivity index (χ2n) is 4.35. The molecule has 0 amide bonds. The van der Waals surface area contributed by atoms with Crippen LogP contribution in [0.1, 0.15) is 39.5 Å². The van der Waals surface area contributed by atoms with E-state index in [0.29, 0.717) is 13.2 Å². The molecule has 1 aliphatic rings. The fraction of sp³-hybridized carbons (Fsp3) is 0.571. The maximum atomic E-state index is 12.2. The predicted molar refractivity (Wildman–Crippen MR) is 83.6 cm³/mol. The van der Waals surface area contributed by atoms with E-state index >= 15 is 0 Å². The van der Waals surface area contributed by atoms with Crippen LogP contribution in [-0.4, -0.2) is 24.8 Å². The van der Waals surface area contributed by atoms with E-state index in [1.54, 1.807) is 0 Å². The van der Waals surface area contributed by atoms with Crippen molar-refractivity contribution in [1.29, 1.82) is 0 Å². The van der Waals surface area contributed by atoms with Gasteiger partial charge < -0.3 is 9.47 Å².